The molecule has 1 aromatic heterocycles. The Bertz CT molecular complexity index is 956. The van der Waals surface area contributed by atoms with Crippen LogP contribution in [0.15, 0.2) is 53.7 Å². The number of sulfonamides is 1. The van der Waals surface area contributed by atoms with Crippen molar-refractivity contribution >= 4 is 15.7 Å². The van der Waals surface area contributed by atoms with E-state index in [1.807, 2.05) is 0 Å². The SMILES string of the molecule is COc1ccc(S(=O)(=O)Nc2ccc(-n3cnnn3)c(OC)c2)cc1. The normalized spacial score (nSPS) is 11.1. The lowest BCUT2D eigenvalue weighted by Gasteiger charge is -2.12. The Morgan fingerprint density at radius 2 is 1.80 bits per heavy atom. The van der Waals surface area contributed by atoms with Gasteiger partial charge >= 0.3 is 0 Å². The molecular weight excluding hydrogens is 346 g/mol. The van der Waals surface area contributed by atoms with Gasteiger partial charge in [0.05, 0.1) is 24.8 Å². The summed E-state index contributed by atoms with van der Waals surface area (Å²) in [6.45, 7) is 0. The molecule has 0 radical (unpaired) electrons. The minimum Gasteiger partial charge on any atom is -0.497 e. The van der Waals surface area contributed by atoms with Crippen LogP contribution in [0, 0.1) is 0 Å². The zero-order valence-electron chi connectivity index (χ0n) is 13.4. The van der Waals surface area contributed by atoms with E-state index < -0.39 is 10.0 Å². The molecule has 0 fully saturated rings. The van der Waals surface area contributed by atoms with Gasteiger partial charge in [-0.15, -0.1) is 5.10 Å². The van der Waals surface area contributed by atoms with Crippen LogP contribution in [0.4, 0.5) is 5.69 Å². The molecule has 0 aliphatic rings. The van der Waals surface area contributed by atoms with E-state index in [0.29, 0.717) is 22.9 Å². The standard InChI is InChI=1S/C15H15N5O4S/c1-23-12-4-6-13(7-5-12)25(21,22)17-11-3-8-14(15(9-11)24-2)20-10-16-18-19-20/h3-10,17H,1-2H3. The summed E-state index contributed by atoms with van der Waals surface area (Å²) in [5, 5.41) is 10.9. The number of aromatic nitrogens is 4. The number of nitrogens with one attached hydrogen (secondary N) is 1. The van der Waals surface area contributed by atoms with Crippen LogP contribution in [0.1, 0.15) is 0 Å². The number of hydrogen-bond acceptors (Lipinski definition) is 7. The molecule has 9 nitrogen and oxygen atoms in total. The molecule has 3 aromatic rings. The molecular formula is C15H15N5O4S. The lowest BCUT2D eigenvalue weighted by Crippen LogP contribution is -2.13. The van der Waals surface area contributed by atoms with Gasteiger partial charge in [-0.05, 0) is 46.8 Å². The van der Waals surface area contributed by atoms with Crippen LogP contribution in [-0.4, -0.2) is 42.8 Å². The molecule has 2 aromatic carbocycles. The molecule has 130 valence electrons. The highest BCUT2D eigenvalue weighted by Gasteiger charge is 2.16. The number of rotatable bonds is 6. The van der Waals surface area contributed by atoms with Crippen molar-refractivity contribution in [3.8, 4) is 17.2 Å². The molecule has 3 rings (SSSR count). The van der Waals surface area contributed by atoms with E-state index in [0.717, 1.165) is 0 Å². The van der Waals surface area contributed by atoms with E-state index in [9.17, 15) is 8.42 Å². The van der Waals surface area contributed by atoms with Gasteiger partial charge in [0.15, 0.2) is 0 Å². The first-order chi connectivity index (χ1) is 12.0. The van der Waals surface area contributed by atoms with E-state index in [1.54, 1.807) is 30.3 Å². The van der Waals surface area contributed by atoms with Crippen molar-refractivity contribution in [1.82, 2.24) is 20.2 Å². The number of nitrogens with zero attached hydrogens (tertiary/aromatic N) is 4. The average Bonchev–Trinajstić information content (AvgIpc) is 3.15. The minimum atomic E-state index is -3.74. The Morgan fingerprint density at radius 3 is 2.40 bits per heavy atom. The summed E-state index contributed by atoms with van der Waals surface area (Å²) in [5.41, 5.74) is 0.935. The molecule has 0 atom stereocenters. The van der Waals surface area contributed by atoms with Crippen molar-refractivity contribution in [3.63, 3.8) is 0 Å². The van der Waals surface area contributed by atoms with Crippen molar-refractivity contribution < 1.29 is 17.9 Å². The van der Waals surface area contributed by atoms with Crippen LogP contribution in [0.2, 0.25) is 0 Å². The summed E-state index contributed by atoms with van der Waals surface area (Å²) in [7, 11) is -0.747. The van der Waals surface area contributed by atoms with Crippen LogP contribution in [0.3, 0.4) is 0 Å². The fourth-order valence-corrected chi connectivity index (χ4v) is 3.22. The fourth-order valence-electron chi connectivity index (χ4n) is 2.17. The minimum absolute atomic E-state index is 0.122. The molecule has 0 saturated heterocycles. The van der Waals surface area contributed by atoms with Crippen LogP contribution in [-0.2, 0) is 10.0 Å². The Balaban J connectivity index is 1.89. The van der Waals surface area contributed by atoms with Crippen molar-refractivity contribution in [1.29, 1.82) is 0 Å². The molecule has 25 heavy (non-hydrogen) atoms. The largest absolute Gasteiger partial charge is 0.497 e. The van der Waals surface area contributed by atoms with Gasteiger partial charge in [-0.25, -0.2) is 8.42 Å². The maximum atomic E-state index is 12.5. The topological polar surface area (TPSA) is 108 Å². The van der Waals surface area contributed by atoms with E-state index in [4.69, 9.17) is 9.47 Å². The number of anilines is 1. The molecule has 0 bridgehead atoms. The van der Waals surface area contributed by atoms with Gasteiger partial charge < -0.3 is 9.47 Å². The summed E-state index contributed by atoms with van der Waals surface area (Å²) in [5.74, 6) is 0.994. The molecule has 0 spiro atoms. The maximum absolute atomic E-state index is 12.5. The molecule has 1 heterocycles. The summed E-state index contributed by atoms with van der Waals surface area (Å²) in [6, 6.07) is 10.9. The zero-order chi connectivity index (χ0) is 17.9. The van der Waals surface area contributed by atoms with Crippen molar-refractivity contribution in [2.24, 2.45) is 0 Å². The van der Waals surface area contributed by atoms with Gasteiger partial charge in [0.2, 0.25) is 0 Å². The number of hydrogen-bond donors (Lipinski definition) is 1. The number of methoxy groups -OCH3 is 2. The third-order valence-electron chi connectivity index (χ3n) is 3.40. The lowest BCUT2D eigenvalue weighted by atomic mass is 10.2. The first-order valence-corrected chi connectivity index (χ1v) is 8.60. The predicted octanol–water partition coefficient (Wildman–Crippen LogP) is 1.48. The van der Waals surface area contributed by atoms with Crippen LogP contribution >= 0.6 is 0 Å². The van der Waals surface area contributed by atoms with Crippen molar-refractivity contribution in [2.75, 3.05) is 18.9 Å². The second-order valence-corrected chi connectivity index (χ2v) is 6.60. The monoisotopic (exact) mass is 361 g/mol. The van der Waals surface area contributed by atoms with Crippen LogP contribution in [0.5, 0.6) is 11.5 Å². The highest BCUT2D eigenvalue weighted by Crippen LogP contribution is 2.27. The Hall–Kier alpha value is -3.14. The first kappa shape index (κ1) is 16.7. The van der Waals surface area contributed by atoms with Crippen LogP contribution < -0.4 is 14.2 Å². The molecule has 10 heteroatoms. The Morgan fingerprint density at radius 1 is 1.04 bits per heavy atom. The van der Waals surface area contributed by atoms with Gasteiger partial charge in [0.1, 0.15) is 23.5 Å². The maximum Gasteiger partial charge on any atom is 0.261 e. The Labute approximate surface area is 144 Å². The summed E-state index contributed by atoms with van der Waals surface area (Å²) in [4.78, 5) is 0.122. The number of tetrazole rings is 1. The number of ether oxygens (including phenoxy) is 2. The zero-order valence-corrected chi connectivity index (χ0v) is 14.3. The lowest BCUT2D eigenvalue weighted by molar-refractivity contribution is 0.411. The molecule has 0 amide bonds. The smallest absolute Gasteiger partial charge is 0.261 e. The van der Waals surface area contributed by atoms with Crippen molar-refractivity contribution in [2.45, 2.75) is 4.90 Å². The molecule has 0 unspecified atom stereocenters. The second-order valence-electron chi connectivity index (χ2n) is 4.92. The van der Waals surface area contributed by atoms with Gasteiger partial charge in [0.25, 0.3) is 10.0 Å². The molecule has 1 N–H and O–H groups in total. The average molecular weight is 361 g/mol. The third-order valence-corrected chi connectivity index (χ3v) is 4.79. The highest BCUT2D eigenvalue weighted by atomic mass is 32.2. The fraction of sp³-hybridized carbons (Fsp3) is 0.133. The Kier molecular flexibility index (Phi) is 4.52. The van der Waals surface area contributed by atoms with E-state index in [1.165, 1.54) is 37.4 Å². The molecule has 0 aliphatic heterocycles. The summed E-state index contributed by atoms with van der Waals surface area (Å²) < 4.78 is 39.2. The summed E-state index contributed by atoms with van der Waals surface area (Å²) in [6.07, 6.45) is 1.42. The van der Waals surface area contributed by atoms with E-state index >= 15 is 0 Å². The van der Waals surface area contributed by atoms with E-state index in [-0.39, 0.29) is 4.90 Å². The quantitative estimate of drug-likeness (QED) is 0.708. The van der Waals surface area contributed by atoms with Gasteiger partial charge in [0, 0.05) is 6.07 Å². The first-order valence-electron chi connectivity index (χ1n) is 7.12. The van der Waals surface area contributed by atoms with Gasteiger partial charge in [-0.3, -0.25) is 4.72 Å². The third kappa shape index (κ3) is 3.53. The van der Waals surface area contributed by atoms with Crippen LogP contribution in [0.25, 0.3) is 5.69 Å². The van der Waals surface area contributed by atoms with Crippen molar-refractivity contribution in [3.05, 3.63) is 48.8 Å². The second kappa shape index (κ2) is 6.77. The molecule has 0 saturated carbocycles. The van der Waals surface area contributed by atoms with E-state index in [2.05, 4.69) is 20.2 Å². The predicted molar refractivity (Wildman–Crippen MR) is 89.5 cm³/mol. The molecule has 0 aliphatic carbocycles. The summed E-state index contributed by atoms with van der Waals surface area (Å²) >= 11 is 0. The van der Waals surface area contributed by atoms with Gasteiger partial charge in [-0.2, -0.15) is 4.68 Å². The number of benzene rings is 2. The highest BCUT2D eigenvalue weighted by molar-refractivity contribution is 7.92. The van der Waals surface area contributed by atoms with Gasteiger partial charge in [-0.1, -0.05) is 0 Å².